The molecule has 0 aromatic heterocycles. The molecule has 5 heteroatoms. The summed E-state index contributed by atoms with van der Waals surface area (Å²) in [7, 11) is 1.59. The monoisotopic (exact) mass is 302 g/mol. The van der Waals surface area contributed by atoms with Crippen molar-refractivity contribution < 1.29 is 9.53 Å². The van der Waals surface area contributed by atoms with E-state index in [-0.39, 0.29) is 5.91 Å². The molecule has 0 fully saturated rings. The third-order valence-electron chi connectivity index (χ3n) is 2.83. The number of methoxy groups -OCH3 is 1. The Kier molecular flexibility index (Phi) is 4.95. The number of carbonyl (C=O) groups excluding carboxylic acids is 1. The fourth-order valence-electron chi connectivity index (χ4n) is 1.79. The molecule has 21 heavy (non-hydrogen) atoms. The summed E-state index contributed by atoms with van der Waals surface area (Å²) in [6, 6.07) is 13.8. The molecule has 108 valence electrons. The molecule has 0 saturated heterocycles. The molecule has 0 bridgehead atoms. The van der Waals surface area contributed by atoms with Gasteiger partial charge in [0.15, 0.2) is 0 Å². The van der Waals surface area contributed by atoms with E-state index < -0.39 is 0 Å². The molecule has 0 aliphatic carbocycles. The molecule has 0 unspecified atom stereocenters. The number of ether oxygens (including phenoxy) is 1. The Bertz CT molecular complexity index is 636. The van der Waals surface area contributed by atoms with Gasteiger partial charge in [0.05, 0.1) is 12.8 Å². The zero-order valence-electron chi connectivity index (χ0n) is 11.8. The minimum atomic E-state index is -0.227. The summed E-state index contributed by atoms with van der Waals surface area (Å²) in [6.07, 6.45) is 1.57. The Morgan fingerprint density at radius 2 is 1.76 bits per heavy atom. The molecular formula is C16H15ClN2O2. The van der Waals surface area contributed by atoms with Crippen LogP contribution >= 0.6 is 11.6 Å². The van der Waals surface area contributed by atoms with Gasteiger partial charge in [0.25, 0.3) is 5.91 Å². The molecule has 2 aromatic rings. The predicted molar refractivity (Wildman–Crippen MR) is 85.4 cm³/mol. The average molecular weight is 303 g/mol. The molecule has 0 atom stereocenters. The van der Waals surface area contributed by atoms with Crippen LogP contribution in [0.4, 0.5) is 5.69 Å². The highest BCUT2D eigenvalue weighted by Crippen LogP contribution is 2.22. The summed E-state index contributed by atoms with van der Waals surface area (Å²) in [5.74, 6) is 0.494. The lowest BCUT2D eigenvalue weighted by Crippen LogP contribution is -2.25. The standard InChI is InChI=1S/C16H15ClN2O2/c1-3-18-19(14-8-10-15(21-2)11-9-14)16(20)12-4-6-13(17)7-5-12/h3-11H,1-2H3/b18-3+. The van der Waals surface area contributed by atoms with Gasteiger partial charge in [0.1, 0.15) is 5.75 Å². The first kappa shape index (κ1) is 15.1. The molecule has 0 aliphatic heterocycles. The van der Waals surface area contributed by atoms with Crippen molar-refractivity contribution in [2.75, 3.05) is 12.1 Å². The zero-order chi connectivity index (χ0) is 15.2. The number of anilines is 1. The molecular weight excluding hydrogens is 288 g/mol. The summed E-state index contributed by atoms with van der Waals surface area (Å²) in [5, 5.41) is 6.05. The Hall–Kier alpha value is -2.33. The van der Waals surface area contributed by atoms with E-state index in [2.05, 4.69) is 5.10 Å². The largest absolute Gasteiger partial charge is 0.497 e. The predicted octanol–water partition coefficient (Wildman–Crippen LogP) is 4.00. The molecule has 4 nitrogen and oxygen atoms in total. The van der Waals surface area contributed by atoms with Crippen molar-refractivity contribution in [2.24, 2.45) is 5.10 Å². The average Bonchev–Trinajstić information content (AvgIpc) is 2.53. The van der Waals surface area contributed by atoms with Gasteiger partial charge in [0, 0.05) is 16.8 Å². The number of hydrogen-bond donors (Lipinski definition) is 0. The fourth-order valence-corrected chi connectivity index (χ4v) is 1.92. The van der Waals surface area contributed by atoms with E-state index in [0.29, 0.717) is 16.3 Å². The van der Waals surface area contributed by atoms with Crippen molar-refractivity contribution in [3.63, 3.8) is 0 Å². The van der Waals surface area contributed by atoms with E-state index in [4.69, 9.17) is 16.3 Å². The minimum absolute atomic E-state index is 0.227. The number of halogens is 1. The van der Waals surface area contributed by atoms with Gasteiger partial charge in [-0.2, -0.15) is 10.1 Å². The van der Waals surface area contributed by atoms with Gasteiger partial charge in [-0.15, -0.1) is 0 Å². The number of carbonyl (C=O) groups is 1. The van der Waals surface area contributed by atoms with E-state index in [1.54, 1.807) is 68.8 Å². The van der Waals surface area contributed by atoms with Crippen LogP contribution in [-0.4, -0.2) is 19.2 Å². The van der Waals surface area contributed by atoms with Crippen LogP contribution in [0.1, 0.15) is 17.3 Å². The van der Waals surface area contributed by atoms with Gasteiger partial charge in [-0.05, 0) is 55.5 Å². The number of hydrazone groups is 1. The van der Waals surface area contributed by atoms with Crippen LogP contribution in [0.3, 0.4) is 0 Å². The van der Waals surface area contributed by atoms with Crippen molar-refractivity contribution in [1.29, 1.82) is 0 Å². The van der Waals surface area contributed by atoms with E-state index >= 15 is 0 Å². The quantitative estimate of drug-likeness (QED) is 0.633. The second-order valence-corrected chi connectivity index (χ2v) is 4.63. The molecule has 1 amide bonds. The van der Waals surface area contributed by atoms with E-state index in [1.165, 1.54) is 5.01 Å². The minimum Gasteiger partial charge on any atom is -0.497 e. The van der Waals surface area contributed by atoms with Gasteiger partial charge in [-0.1, -0.05) is 11.6 Å². The van der Waals surface area contributed by atoms with Crippen molar-refractivity contribution in [3.05, 3.63) is 59.1 Å². The summed E-state index contributed by atoms with van der Waals surface area (Å²) in [6.45, 7) is 1.76. The Morgan fingerprint density at radius 1 is 1.14 bits per heavy atom. The first-order chi connectivity index (χ1) is 10.2. The fraction of sp³-hybridized carbons (Fsp3) is 0.125. The van der Waals surface area contributed by atoms with Gasteiger partial charge in [-0.3, -0.25) is 4.79 Å². The third-order valence-corrected chi connectivity index (χ3v) is 3.08. The molecule has 2 rings (SSSR count). The first-order valence-electron chi connectivity index (χ1n) is 6.38. The number of hydrogen-bond acceptors (Lipinski definition) is 3. The smallest absolute Gasteiger partial charge is 0.278 e. The second-order valence-electron chi connectivity index (χ2n) is 4.20. The van der Waals surface area contributed by atoms with Crippen LogP contribution < -0.4 is 9.75 Å². The first-order valence-corrected chi connectivity index (χ1v) is 6.76. The van der Waals surface area contributed by atoms with Crippen LogP contribution in [0.15, 0.2) is 53.6 Å². The van der Waals surface area contributed by atoms with Crippen LogP contribution in [0.2, 0.25) is 5.02 Å². The lowest BCUT2D eigenvalue weighted by atomic mass is 10.2. The van der Waals surface area contributed by atoms with Crippen molar-refractivity contribution >= 4 is 29.4 Å². The lowest BCUT2D eigenvalue weighted by Gasteiger charge is -2.17. The Labute approximate surface area is 128 Å². The summed E-state index contributed by atoms with van der Waals surface area (Å²) in [4.78, 5) is 12.5. The molecule has 0 radical (unpaired) electrons. The number of rotatable bonds is 4. The summed E-state index contributed by atoms with van der Waals surface area (Å²) in [5.41, 5.74) is 1.18. The second kappa shape index (κ2) is 6.90. The normalized spacial score (nSPS) is 10.6. The number of amides is 1. The lowest BCUT2D eigenvalue weighted by molar-refractivity contribution is 0.0988. The maximum atomic E-state index is 12.5. The van der Waals surface area contributed by atoms with Crippen LogP contribution in [0.5, 0.6) is 5.75 Å². The molecule has 0 saturated carbocycles. The maximum absolute atomic E-state index is 12.5. The van der Waals surface area contributed by atoms with E-state index in [1.807, 2.05) is 0 Å². The van der Waals surface area contributed by atoms with E-state index in [9.17, 15) is 4.79 Å². The molecule has 0 aliphatic rings. The summed E-state index contributed by atoms with van der Waals surface area (Å²) < 4.78 is 5.11. The topological polar surface area (TPSA) is 41.9 Å². The van der Waals surface area contributed by atoms with Crippen LogP contribution in [-0.2, 0) is 0 Å². The highest BCUT2D eigenvalue weighted by molar-refractivity contribution is 6.30. The third kappa shape index (κ3) is 3.61. The van der Waals surface area contributed by atoms with Gasteiger partial charge < -0.3 is 4.74 Å². The van der Waals surface area contributed by atoms with Crippen molar-refractivity contribution in [1.82, 2.24) is 0 Å². The number of benzene rings is 2. The molecule has 0 N–H and O–H groups in total. The van der Waals surface area contributed by atoms with Crippen molar-refractivity contribution in [3.8, 4) is 5.75 Å². The molecule has 0 heterocycles. The molecule has 0 spiro atoms. The van der Waals surface area contributed by atoms with Gasteiger partial charge in [-0.25, -0.2) is 0 Å². The SMILES string of the molecule is C/C=N/N(C(=O)c1ccc(Cl)cc1)c1ccc(OC)cc1. The van der Waals surface area contributed by atoms with Crippen LogP contribution in [0, 0.1) is 0 Å². The van der Waals surface area contributed by atoms with E-state index in [0.717, 1.165) is 5.75 Å². The zero-order valence-corrected chi connectivity index (χ0v) is 12.5. The number of nitrogens with zero attached hydrogens (tertiary/aromatic N) is 2. The van der Waals surface area contributed by atoms with Crippen LogP contribution in [0.25, 0.3) is 0 Å². The van der Waals surface area contributed by atoms with Crippen molar-refractivity contribution in [2.45, 2.75) is 6.92 Å². The van der Waals surface area contributed by atoms with Gasteiger partial charge in [0.2, 0.25) is 0 Å². The molecule has 2 aromatic carbocycles. The Morgan fingerprint density at radius 3 is 2.29 bits per heavy atom. The highest BCUT2D eigenvalue weighted by Gasteiger charge is 2.16. The highest BCUT2D eigenvalue weighted by atomic mass is 35.5. The maximum Gasteiger partial charge on any atom is 0.278 e. The summed E-state index contributed by atoms with van der Waals surface area (Å²) >= 11 is 5.84. The van der Waals surface area contributed by atoms with Gasteiger partial charge >= 0.3 is 0 Å². The Balaban J connectivity index is 2.33.